The van der Waals surface area contributed by atoms with Crippen molar-refractivity contribution in [1.29, 1.82) is 5.26 Å². The second kappa shape index (κ2) is 3.98. The molecule has 0 bridgehead atoms. The van der Waals surface area contributed by atoms with Crippen LogP contribution in [0.15, 0.2) is 6.08 Å². The number of nitriles is 1. The molecule has 1 rings (SSSR count). The van der Waals surface area contributed by atoms with Crippen molar-refractivity contribution >= 4 is 5.57 Å². The summed E-state index contributed by atoms with van der Waals surface area (Å²) in [4.78, 5) is 0. The van der Waals surface area contributed by atoms with Crippen LogP contribution in [0.1, 0.15) is 26.1 Å². The number of H-pyrrole nitrogens is 1. The third-order valence-corrected chi connectivity index (χ3v) is 2.06. The fourth-order valence-corrected chi connectivity index (χ4v) is 0.992. The molecule has 0 aliphatic heterocycles. The van der Waals surface area contributed by atoms with Crippen LogP contribution in [0.3, 0.4) is 0 Å². The van der Waals surface area contributed by atoms with Gasteiger partial charge in [0.2, 0.25) is 5.82 Å². The first-order valence-electron chi connectivity index (χ1n) is 4.18. The number of aliphatic hydroxyl groups is 1. The number of hydrogen-bond acceptors (Lipinski definition) is 5. The Morgan fingerprint density at radius 1 is 1.79 bits per heavy atom. The van der Waals surface area contributed by atoms with Crippen LogP contribution in [-0.4, -0.2) is 31.3 Å². The zero-order valence-electron chi connectivity index (χ0n) is 8.02. The van der Waals surface area contributed by atoms with Gasteiger partial charge in [-0.1, -0.05) is 6.92 Å². The molecule has 0 amide bonds. The number of aromatic amines is 1. The van der Waals surface area contributed by atoms with Gasteiger partial charge in [0.25, 0.3) is 0 Å². The summed E-state index contributed by atoms with van der Waals surface area (Å²) in [5.41, 5.74) is -0.740. The lowest BCUT2D eigenvalue weighted by Gasteiger charge is -2.21. The van der Waals surface area contributed by atoms with E-state index in [2.05, 4.69) is 20.6 Å². The SMILES string of the molecule is CCC(C)(O)C(=CC#N)c1nn[nH]n1. The van der Waals surface area contributed by atoms with Gasteiger partial charge in [0, 0.05) is 11.6 Å². The van der Waals surface area contributed by atoms with Gasteiger partial charge in [-0.3, -0.25) is 0 Å². The fourth-order valence-electron chi connectivity index (χ4n) is 0.992. The Morgan fingerprint density at radius 2 is 2.50 bits per heavy atom. The van der Waals surface area contributed by atoms with Gasteiger partial charge >= 0.3 is 0 Å². The molecule has 1 aromatic heterocycles. The third kappa shape index (κ3) is 1.95. The second-order valence-electron chi connectivity index (χ2n) is 3.05. The maximum absolute atomic E-state index is 9.94. The Kier molecular flexibility index (Phi) is 2.94. The van der Waals surface area contributed by atoms with Crippen LogP contribution in [0, 0.1) is 11.3 Å². The largest absolute Gasteiger partial charge is 0.385 e. The monoisotopic (exact) mass is 193 g/mol. The molecule has 1 unspecified atom stereocenters. The summed E-state index contributed by atoms with van der Waals surface area (Å²) in [6.45, 7) is 3.41. The first-order chi connectivity index (χ1) is 6.61. The van der Waals surface area contributed by atoms with Crippen LogP contribution >= 0.6 is 0 Å². The summed E-state index contributed by atoms with van der Waals surface area (Å²) in [5, 5.41) is 31.6. The minimum Gasteiger partial charge on any atom is -0.385 e. The summed E-state index contributed by atoms with van der Waals surface area (Å²) in [6, 6.07) is 1.85. The number of nitrogens with one attached hydrogen (secondary N) is 1. The lowest BCUT2D eigenvalue weighted by Crippen LogP contribution is -2.25. The number of nitrogens with zero attached hydrogens (tertiary/aromatic N) is 4. The maximum Gasteiger partial charge on any atom is 0.204 e. The van der Waals surface area contributed by atoms with Crippen molar-refractivity contribution < 1.29 is 5.11 Å². The normalized spacial score (nSPS) is 16.0. The smallest absolute Gasteiger partial charge is 0.204 e. The Labute approximate surface area is 81.3 Å². The molecule has 0 fully saturated rings. The molecule has 0 aromatic carbocycles. The number of hydrogen-bond donors (Lipinski definition) is 2. The van der Waals surface area contributed by atoms with Crippen molar-refractivity contribution in [3.63, 3.8) is 0 Å². The summed E-state index contributed by atoms with van der Waals surface area (Å²) < 4.78 is 0. The minimum absolute atomic E-state index is 0.249. The highest BCUT2D eigenvalue weighted by Gasteiger charge is 2.27. The molecule has 0 aliphatic rings. The second-order valence-corrected chi connectivity index (χ2v) is 3.05. The van der Waals surface area contributed by atoms with Crippen LogP contribution in [0.5, 0.6) is 0 Å². The minimum atomic E-state index is -1.11. The average Bonchev–Trinajstić information content (AvgIpc) is 2.66. The topological polar surface area (TPSA) is 98.5 Å². The van der Waals surface area contributed by atoms with E-state index in [1.165, 1.54) is 6.08 Å². The Bertz CT molecular complexity index is 360. The molecule has 0 aliphatic carbocycles. The summed E-state index contributed by atoms with van der Waals surface area (Å²) >= 11 is 0. The molecule has 1 aromatic rings. The van der Waals surface area contributed by atoms with Crippen LogP contribution < -0.4 is 0 Å². The van der Waals surface area contributed by atoms with Crippen molar-refractivity contribution in [2.45, 2.75) is 25.9 Å². The van der Waals surface area contributed by atoms with Gasteiger partial charge in [-0.2, -0.15) is 10.5 Å². The van der Waals surface area contributed by atoms with Gasteiger partial charge in [0.1, 0.15) is 0 Å². The lowest BCUT2D eigenvalue weighted by molar-refractivity contribution is 0.117. The maximum atomic E-state index is 9.94. The van der Waals surface area contributed by atoms with E-state index >= 15 is 0 Å². The van der Waals surface area contributed by atoms with Crippen molar-refractivity contribution in [3.8, 4) is 6.07 Å². The van der Waals surface area contributed by atoms with Gasteiger partial charge < -0.3 is 5.11 Å². The number of rotatable bonds is 3. The molecular formula is C8H11N5O. The number of aromatic nitrogens is 4. The molecule has 0 spiro atoms. The zero-order chi connectivity index (χ0) is 10.6. The first-order valence-corrected chi connectivity index (χ1v) is 4.18. The van der Waals surface area contributed by atoms with E-state index in [9.17, 15) is 5.11 Å². The Morgan fingerprint density at radius 3 is 2.93 bits per heavy atom. The molecule has 1 atom stereocenters. The van der Waals surface area contributed by atoms with E-state index in [0.717, 1.165) is 0 Å². The van der Waals surface area contributed by atoms with E-state index in [1.807, 2.05) is 13.0 Å². The van der Waals surface area contributed by atoms with Gasteiger partial charge in [-0.05, 0) is 18.6 Å². The van der Waals surface area contributed by atoms with Crippen molar-refractivity contribution in [2.75, 3.05) is 0 Å². The summed E-state index contributed by atoms with van der Waals surface area (Å²) in [7, 11) is 0. The Balaban J connectivity index is 3.12. The molecule has 14 heavy (non-hydrogen) atoms. The molecule has 74 valence electrons. The molecular weight excluding hydrogens is 182 g/mol. The number of tetrazole rings is 1. The quantitative estimate of drug-likeness (QED) is 0.671. The zero-order valence-corrected chi connectivity index (χ0v) is 8.02. The van der Waals surface area contributed by atoms with Crippen LogP contribution in [0.4, 0.5) is 0 Å². The van der Waals surface area contributed by atoms with Crippen molar-refractivity contribution in [2.24, 2.45) is 0 Å². The van der Waals surface area contributed by atoms with Gasteiger partial charge in [-0.15, -0.1) is 10.2 Å². The molecule has 2 N–H and O–H groups in total. The van der Waals surface area contributed by atoms with E-state index in [1.54, 1.807) is 6.92 Å². The lowest BCUT2D eigenvalue weighted by atomic mass is 9.92. The predicted molar refractivity (Wildman–Crippen MR) is 48.7 cm³/mol. The molecule has 0 saturated carbocycles. The Hall–Kier alpha value is -1.74. The highest BCUT2D eigenvalue weighted by molar-refractivity contribution is 5.68. The van der Waals surface area contributed by atoms with Crippen molar-refractivity contribution in [1.82, 2.24) is 20.6 Å². The molecule has 6 heteroatoms. The summed E-state index contributed by atoms with van der Waals surface area (Å²) in [6.07, 6.45) is 1.70. The fraction of sp³-hybridized carbons (Fsp3) is 0.500. The number of allylic oxidation sites excluding steroid dienone is 1. The van der Waals surface area contributed by atoms with Crippen LogP contribution in [0.25, 0.3) is 5.57 Å². The standard InChI is InChI=1S/C8H11N5O/c1-3-8(2,14)6(4-5-9)7-10-12-13-11-7/h4,14H,3H2,1-2H3,(H,10,11,12,13). The first kappa shape index (κ1) is 10.3. The molecule has 1 heterocycles. The van der Waals surface area contributed by atoms with E-state index in [4.69, 9.17) is 5.26 Å². The van der Waals surface area contributed by atoms with Crippen molar-refractivity contribution in [3.05, 3.63) is 11.9 Å². The van der Waals surface area contributed by atoms with Crippen LogP contribution in [0.2, 0.25) is 0 Å². The van der Waals surface area contributed by atoms with E-state index < -0.39 is 5.60 Å². The highest BCUT2D eigenvalue weighted by Crippen LogP contribution is 2.26. The molecule has 6 nitrogen and oxygen atoms in total. The van der Waals surface area contributed by atoms with E-state index in [-0.39, 0.29) is 5.82 Å². The molecule has 0 radical (unpaired) electrons. The van der Waals surface area contributed by atoms with Gasteiger partial charge in [0.05, 0.1) is 11.7 Å². The summed E-state index contributed by atoms with van der Waals surface area (Å²) in [5.74, 6) is 0.249. The molecule has 0 saturated heterocycles. The van der Waals surface area contributed by atoms with Gasteiger partial charge in [0.15, 0.2) is 0 Å². The predicted octanol–water partition coefficient (Wildman–Crippen LogP) is 0.268. The average molecular weight is 193 g/mol. The third-order valence-electron chi connectivity index (χ3n) is 2.06. The highest BCUT2D eigenvalue weighted by atomic mass is 16.3. The van der Waals surface area contributed by atoms with Gasteiger partial charge in [-0.25, -0.2) is 0 Å². The van der Waals surface area contributed by atoms with E-state index in [0.29, 0.717) is 12.0 Å². The van der Waals surface area contributed by atoms with Crippen LogP contribution in [-0.2, 0) is 0 Å².